The summed E-state index contributed by atoms with van der Waals surface area (Å²) in [6.07, 6.45) is 5.25. The Morgan fingerprint density at radius 3 is 2.28 bits per heavy atom. The minimum absolute atomic E-state index is 0.0702. The summed E-state index contributed by atoms with van der Waals surface area (Å²) < 4.78 is 19.1. The van der Waals surface area contributed by atoms with Crippen LogP contribution in [-0.4, -0.2) is 53.2 Å². The minimum Gasteiger partial charge on any atom is -0.493 e. The number of piperidine rings is 1. The van der Waals surface area contributed by atoms with Gasteiger partial charge in [0.05, 0.1) is 31.5 Å². The molecule has 2 aromatic heterocycles. The van der Waals surface area contributed by atoms with Crippen molar-refractivity contribution >= 4 is 16.9 Å². The topological polar surface area (TPSA) is 74.5 Å². The molecule has 0 amide bonds. The normalized spacial score (nSPS) is 14.5. The third-order valence-corrected chi connectivity index (χ3v) is 5.75. The molecule has 0 spiro atoms. The molecule has 4 aromatic rings. The second-order valence-corrected chi connectivity index (χ2v) is 7.62. The molecule has 0 bridgehead atoms. The molecule has 2 aromatic carbocycles. The van der Waals surface area contributed by atoms with E-state index in [-0.39, 0.29) is 6.10 Å². The summed E-state index contributed by atoms with van der Waals surface area (Å²) in [5.74, 6) is 2.92. The molecule has 3 heterocycles. The van der Waals surface area contributed by atoms with Crippen molar-refractivity contribution in [1.82, 2.24) is 19.7 Å². The van der Waals surface area contributed by atoms with Crippen LogP contribution in [0.3, 0.4) is 0 Å². The van der Waals surface area contributed by atoms with Crippen LogP contribution in [0.2, 0.25) is 0 Å². The number of hydrogen-bond donors (Lipinski definition) is 0. The molecule has 1 fully saturated rings. The Morgan fingerprint density at radius 2 is 1.59 bits per heavy atom. The number of rotatable bonds is 6. The first-order valence-electron chi connectivity index (χ1n) is 10.6. The van der Waals surface area contributed by atoms with Crippen LogP contribution in [0.15, 0.2) is 61.1 Å². The molecule has 0 saturated carbocycles. The van der Waals surface area contributed by atoms with Crippen molar-refractivity contribution in [3.63, 3.8) is 0 Å². The van der Waals surface area contributed by atoms with Crippen LogP contribution in [0.5, 0.6) is 17.2 Å². The summed E-state index contributed by atoms with van der Waals surface area (Å²) in [4.78, 5) is 11.4. The van der Waals surface area contributed by atoms with E-state index in [2.05, 4.69) is 20.0 Å². The van der Waals surface area contributed by atoms with Crippen molar-refractivity contribution in [3.8, 4) is 22.9 Å². The molecule has 0 atom stereocenters. The fourth-order valence-corrected chi connectivity index (χ4v) is 4.13. The van der Waals surface area contributed by atoms with Crippen LogP contribution in [0, 0.1) is 0 Å². The lowest BCUT2D eigenvalue weighted by atomic mass is 10.1. The lowest BCUT2D eigenvalue weighted by molar-refractivity contribution is 0.158. The molecule has 164 valence electrons. The van der Waals surface area contributed by atoms with Crippen molar-refractivity contribution < 1.29 is 14.2 Å². The lowest BCUT2D eigenvalue weighted by Gasteiger charge is -2.33. The fraction of sp³-hybridized carbons (Fsp3) is 0.292. The Morgan fingerprint density at radius 1 is 0.875 bits per heavy atom. The van der Waals surface area contributed by atoms with Gasteiger partial charge >= 0.3 is 0 Å². The van der Waals surface area contributed by atoms with E-state index < -0.39 is 0 Å². The number of benzene rings is 2. The number of para-hydroxylation sites is 2. The Balaban J connectivity index is 1.34. The molecule has 8 heteroatoms. The Labute approximate surface area is 186 Å². The fourth-order valence-electron chi connectivity index (χ4n) is 4.13. The number of aromatic nitrogens is 4. The van der Waals surface area contributed by atoms with Crippen molar-refractivity contribution in [2.24, 2.45) is 0 Å². The predicted octanol–water partition coefficient (Wildman–Crippen LogP) is 3.88. The van der Waals surface area contributed by atoms with Gasteiger partial charge in [-0.25, -0.2) is 14.6 Å². The third kappa shape index (κ3) is 3.68. The highest BCUT2D eigenvalue weighted by Crippen LogP contribution is 2.38. The van der Waals surface area contributed by atoms with E-state index in [9.17, 15) is 0 Å². The predicted molar refractivity (Wildman–Crippen MR) is 122 cm³/mol. The number of nitrogens with zero attached hydrogens (tertiary/aromatic N) is 5. The van der Waals surface area contributed by atoms with Gasteiger partial charge in [0, 0.05) is 25.9 Å². The van der Waals surface area contributed by atoms with E-state index in [0.29, 0.717) is 17.2 Å². The molecule has 1 saturated heterocycles. The maximum atomic E-state index is 6.31. The van der Waals surface area contributed by atoms with Gasteiger partial charge in [-0.3, -0.25) is 0 Å². The molecule has 5 rings (SSSR count). The quantitative estimate of drug-likeness (QED) is 0.459. The summed E-state index contributed by atoms with van der Waals surface area (Å²) in [7, 11) is 3.28. The zero-order valence-electron chi connectivity index (χ0n) is 18.1. The van der Waals surface area contributed by atoms with E-state index in [1.807, 2.05) is 59.4 Å². The largest absolute Gasteiger partial charge is 0.493 e. The number of fused-ring (bicyclic) bond motifs is 1. The highest BCUT2D eigenvalue weighted by molar-refractivity contribution is 5.87. The van der Waals surface area contributed by atoms with Gasteiger partial charge in [-0.2, -0.15) is 5.10 Å². The molecule has 32 heavy (non-hydrogen) atoms. The van der Waals surface area contributed by atoms with E-state index in [1.54, 1.807) is 20.5 Å². The molecule has 1 aliphatic rings. The van der Waals surface area contributed by atoms with E-state index in [1.165, 1.54) is 0 Å². The van der Waals surface area contributed by atoms with Gasteiger partial charge in [0.25, 0.3) is 0 Å². The average molecular weight is 431 g/mol. The molecule has 0 radical (unpaired) electrons. The first-order valence-corrected chi connectivity index (χ1v) is 10.6. The second-order valence-electron chi connectivity index (χ2n) is 7.62. The van der Waals surface area contributed by atoms with Crippen molar-refractivity contribution in [2.45, 2.75) is 18.9 Å². The first-order chi connectivity index (χ1) is 15.8. The maximum absolute atomic E-state index is 6.31. The van der Waals surface area contributed by atoms with Crippen molar-refractivity contribution in [1.29, 1.82) is 0 Å². The molecule has 8 nitrogen and oxygen atoms in total. The van der Waals surface area contributed by atoms with Gasteiger partial charge in [-0.05, 0) is 24.3 Å². The Bertz CT molecular complexity index is 1180. The number of hydrogen-bond acceptors (Lipinski definition) is 7. The third-order valence-electron chi connectivity index (χ3n) is 5.75. The molecule has 1 aliphatic heterocycles. The van der Waals surface area contributed by atoms with Crippen LogP contribution in [0.4, 0.5) is 5.82 Å². The van der Waals surface area contributed by atoms with Gasteiger partial charge in [-0.15, -0.1) is 0 Å². The zero-order valence-corrected chi connectivity index (χ0v) is 18.1. The zero-order chi connectivity index (χ0) is 21.9. The number of methoxy groups -OCH3 is 2. The second kappa shape index (κ2) is 8.74. The summed E-state index contributed by atoms with van der Waals surface area (Å²) in [5.41, 5.74) is 1.78. The highest BCUT2D eigenvalue weighted by atomic mass is 16.5. The van der Waals surface area contributed by atoms with Gasteiger partial charge in [0.1, 0.15) is 18.2 Å². The lowest BCUT2D eigenvalue weighted by Crippen LogP contribution is -2.38. The smallest absolute Gasteiger partial charge is 0.203 e. The molecule has 0 unspecified atom stereocenters. The van der Waals surface area contributed by atoms with E-state index >= 15 is 0 Å². The Kier molecular flexibility index (Phi) is 5.49. The highest BCUT2D eigenvalue weighted by Gasteiger charge is 2.26. The van der Waals surface area contributed by atoms with Crippen LogP contribution in [0.1, 0.15) is 12.8 Å². The SMILES string of the molecule is COc1cccc(OC)c1OC1CCN(c2ncnc3c2cnn3-c2ccccc2)CC1. The summed E-state index contributed by atoms with van der Waals surface area (Å²) in [5, 5.41) is 5.51. The summed E-state index contributed by atoms with van der Waals surface area (Å²) in [6.45, 7) is 1.65. The van der Waals surface area contributed by atoms with E-state index in [0.717, 1.165) is 48.5 Å². The average Bonchev–Trinajstić information content (AvgIpc) is 3.29. The Hall–Kier alpha value is -3.81. The monoisotopic (exact) mass is 431 g/mol. The van der Waals surface area contributed by atoms with Crippen LogP contribution in [-0.2, 0) is 0 Å². The minimum atomic E-state index is 0.0702. The van der Waals surface area contributed by atoms with Crippen LogP contribution in [0.25, 0.3) is 16.7 Å². The van der Waals surface area contributed by atoms with Gasteiger partial charge in [0.2, 0.25) is 5.75 Å². The van der Waals surface area contributed by atoms with Crippen molar-refractivity contribution in [2.75, 3.05) is 32.2 Å². The molecular formula is C24H25N5O3. The molecule has 0 aliphatic carbocycles. The van der Waals surface area contributed by atoms with Gasteiger partial charge in [-0.1, -0.05) is 24.3 Å². The standard InChI is InChI=1S/C24H25N5O3/c1-30-20-9-6-10-21(31-2)22(20)32-18-11-13-28(14-12-18)23-19-15-27-29(24(19)26-16-25-23)17-7-4-3-5-8-17/h3-10,15-16,18H,11-14H2,1-2H3. The van der Waals surface area contributed by atoms with Crippen LogP contribution < -0.4 is 19.1 Å². The van der Waals surface area contributed by atoms with Gasteiger partial charge < -0.3 is 19.1 Å². The van der Waals surface area contributed by atoms with E-state index in [4.69, 9.17) is 14.2 Å². The molecular weight excluding hydrogens is 406 g/mol. The number of anilines is 1. The van der Waals surface area contributed by atoms with Crippen molar-refractivity contribution in [3.05, 3.63) is 61.1 Å². The number of ether oxygens (including phenoxy) is 3. The maximum Gasteiger partial charge on any atom is 0.203 e. The summed E-state index contributed by atoms with van der Waals surface area (Å²) >= 11 is 0. The van der Waals surface area contributed by atoms with Gasteiger partial charge in [0.15, 0.2) is 17.1 Å². The first kappa shape index (κ1) is 20.1. The van der Waals surface area contributed by atoms with Crippen LogP contribution >= 0.6 is 0 Å². The molecule has 0 N–H and O–H groups in total. The summed E-state index contributed by atoms with van der Waals surface area (Å²) in [6, 6.07) is 15.7.